The van der Waals surface area contributed by atoms with Gasteiger partial charge in [-0.3, -0.25) is 14.8 Å². The smallest absolute Gasteiger partial charge is 0.172 e. The fraction of sp³-hybridized carbons (Fsp3) is 0.0833. The molecule has 1 aromatic carbocycles. The molecule has 1 aromatic heterocycles. The van der Waals surface area contributed by atoms with Crippen molar-refractivity contribution in [2.24, 2.45) is 4.99 Å². The second-order valence-electron chi connectivity index (χ2n) is 3.47. The molecule has 2 heterocycles. The molecule has 3 rings (SSSR count). The molecule has 0 spiro atoms. The van der Waals surface area contributed by atoms with Crippen molar-refractivity contribution in [2.75, 3.05) is 0 Å². The van der Waals surface area contributed by atoms with Gasteiger partial charge >= 0.3 is 0 Å². The summed E-state index contributed by atoms with van der Waals surface area (Å²) in [6, 6.07) is 7.63. The molecule has 0 unspecified atom stereocenters. The van der Waals surface area contributed by atoms with E-state index in [4.69, 9.17) is 0 Å². The highest BCUT2D eigenvalue weighted by Gasteiger charge is 2.17. The Balaban J connectivity index is 2.47. The molecule has 72 valence electrons. The van der Waals surface area contributed by atoms with Crippen LogP contribution < -0.4 is 0 Å². The number of fused-ring (bicyclic) bond motifs is 3. The minimum atomic E-state index is 0.101. The zero-order chi connectivity index (χ0) is 10.3. The van der Waals surface area contributed by atoms with Crippen molar-refractivity contribution < 1.29 is 4.79 Å². The van der Waals surface area contributed by atoms with E-state index in [0.29, 0.717) is 12.0 Å². The first-order valence-corrected chi connectivity index (χ1v) is 4.80. The molecule has 0 aliphatic carbocycles. The topological polar surface area (TPSA) is 42.3 Å². The molecule has 0 bridgehead atoms. The van der Waals surface area contributed by atoms with Crippen molar-refractivity contribution in [3.63, 3.8) is 0 Å². The lowest BCUT2D eigenvalue weighted by Gasteiger charge is -2.10. The van der Waals surface area contributed by atoms with Crippen LogP contribution in [0.1, 0.15) is 16.8 Å². The second kappa shape index (κ2) is 2.98. The number of ketones is 1. The fourth-order valence-corrected chi connectivity index (χ4v) is 1.85. The largest absolute Gasteiger partial charge is 0.294 e. The van der Waals surface area contributed by atoms with E-state index in [1.54, 1.807) is 12.4 Å². The summed E-state index contributed by atoms with van der Waals surface area (Å²) >= 11 is 0. The van der Waals surface area contributed by atoms with Crippen LogP contribution in [0.2, 0.25) is 0 Å². The van der Waals surface area contributed by atoms with Gasteiger partial charge in [-0.15, -0.1) is 0 Å². The maximum absolute atomic E-state index is 11.8. The Labute approximate surface area is 86.5 Å². The molecule has 2 aromatic rings. The monoisotopic (exact) mass is 196 g/mol. The molecule has 0 amide bonds. The number of aromatic nitrogens is 1. The summed E-state index contributed by atoms with van der Waals surface area (Å²) < 4.78 is 0. The Bertz CT molecular complexity index is 587. The van der Waals surface area contributed by atoms with Crippen LogP contribution in [0, 0.1) is 0 Å². The van der Waals surface area contributed by atoms with E-state index >= 15 is 0 Å². The Morgan fingerprint density at radius 2 is 2.13 bits per heavy atom. The Morgan fingerprint density at radius 1 is 1.20 bits per heavy atom. The Kier molecular flexibility index (Phi) is 1.65. The number of carbonyl (C=O) groups excluding carboxylic acids is 1. The first-order valence-electron chi connectivity index (χ1n) is 4.80. The zero-order valence-corrected chi connectivity index (χ0v) is 7.97. The molecule has 3 nitrogen and oxygen atoms in total. The molecule has 0 saturated heterocycles. The highest BCUT2D eigenvalue weighted by molar-refractivity contribution is 6.16. The number of rotatable bonds is 0. The molecule has 0 atom stereocenters. The lowest BCUT2D eigenvalue weighted by molar-refractivity contribution is 0.100. The SMILES string of the molecule is O=C1CC=Nc2ccc3cccnc3c21. The van der Waals surface area contributed by atoms with Crippen molar-refractivity contribution in [3.05, 3.63) is 36.0 Å². The summed E-state index contributed by atoms with van der Waals surface area (Å²) in [6.45, 7) is 0. The first-order chi connectivity index (χ1) is 7.36. The third kappa shape index (κ3) is 1.16. The van der Waals surface area contributed by atoms with Crippen molar-refractivity contribution in [1.29, 1.82) is 0 Å². The highest BCUT2D eigenvalue weighted by Crippen LogP contribution is 2.29. The van der Waals surface area contributed by atoms with Gasteiger partial charge in [0, 0.05) is 24.2 Å². The van der Waals surface area contributed by atoms with Gasteiger partial charge in [-0.1, -0.05) is 12.1 Å². The van der Waals surface area contributed by atoms with Gasteiger partial charge in [0.25, 0.3) is 0 Å². The normalized spacial score (nSPS) is 14.3. The van der Waals surface area contributed by atoms with Crippen LogP contribution in [0.25, 0.3) is 10.9 Å². The van der Waals surface area contributed by atoms with Gasteiger partial charge in [-0.25, -0.2) is 0 Å². The molecule has 0 saturated carbocycles. The van der Waals surface area contributed by atoms with Crippen LogP contribution in [-0.4, -0.2) is 17.0 Å². The number of pyridine rings is 1. The van der Waals surface area contributed by atoms with Gasteiger partial charge in [0.1, 0.15) is 0 Å². The Morgan fingerprint density at radius 3 is 3.07 bits per heavy atom. The third-order valence-corrected chi connectivity index (χ3v) is 2.54. The van der Waals surface area contributed by atoms with E-state index in [-0.39, 0.29) is 5.78 Å². The maximum Gasteiger partial charge on any atom is 0.172 e. The number of hydrogen-bond donors (Lipinski definition) is 0. The van der Waals surface area contributed by atoms with Crippen molar-refractivity contribution in [3.8, 4) is 0 Å². The lowest BCUT2D eigenvalue weighted by Crippen LogP contribution is -2.06. The summed E-state index contributed by atoms with van der Waals surface area (Å²) in [5, 5.41) is 0.988. The number of aliphatic imine (C=N–C) groups is 1. The summed E-state index contributed by atoms with van der Waals surface area (Å²) in [5.74, 6) is 0.101. The van der Waals surface area contributed by atoms with Crippen LogP contribution in [0.3, 0.4) is 0 Å². The number of benzene rings is 1. The van der Waals surface area contributed by atoms with Crippen LogP contribution in [0.5, 0.6) is 0 Å². The summed E-state index contributed by atoms with van der Waals surface area (Å²) in [6.07, 6.45) is 3.73. The van der Waals surface area contributed by atoms with Crippen molar-refractivity contribution in [2.45, 2.75) is 6.42 Å². The highest BCUT2D eigenvalue weighted by atomic mass is 16.1. The first kappa shape index (κ1) is 8.29. The van der Waals surface area contributed by atoms with Gasteiger partial charge in [0.15, 0.2) is 5.78 Å². The molecule has 0 radical (unpaired) electrons. The Hall–Kier alpha value is -2.03. The van der Waals surface area contributed by atoms with E-state index in [9.17, 15) is 4.79 Å². The fourth-order valence-electron chi connectivity index (χ4n) is 1.85. The van der Waals surface area contributed by atoms with E-state index in [0.717, 1.165) is 16.6 Å². The number of Topliss-reactive ketones (excluding diaryl/α,β-unsaturated/α-hetero) is 1. The molecule has 15 heavy (non-hydrogen) atoms. The van der Waals surface area contributed by atoms with Crippen molar-refractivity contribution >= 4 is 28.6 Å². The summed E-state index contributed by atoms with van der Waals surface area (Å²) in [5.41, 5.74) is 2.16. The predicted octanol–water partition coefficient (Wildman–Crippen LogP) is 2.52. The quantitative estimate of drug-likeness (QED) is 0.649. The average Bonchev–Trinajstić information content (AvgIpc) is 2.29. The summed E-state index contributed by atoms with van der Waals surface area (Å²) in [4.78, 5) is 20.2. The van der Waals surface area contributed by atoms with Gasteiger partial charge in [0.2, 0.25) is 0 Å². The minimum Gasteiger partial charge on any atom is -0.294 e. The molecular formula is C12H8N2O. The zero-order valence-electron chi connectivity index (χ0n) is 7.97. The van der Waals surface area contributed by atoms with Crippen molar-refractivity contribution in [1.82, 2.24) is 4.98 Å². The van der Waals surface area contributed by atoms with E-state index in [2.05, 4.69) is 9.98 Å². The number of hydrogen-bond acceptors (Lipinski definition) is 3. The van der Waals surface area contributed by atoms with Crippen LogP contribution in [0.15, 0.2) is 35.5 Å². The predicted molar refractivity (Wildman–Crippen MR) is 58.8 cm³/mol. The van der Waals surface area contributed by atoms with Gasteiger partial charge < -0.3 is 0 Å². The average molecular weight is 196 g/mol. The molecule has 1 aliphatic heterocycles. The van der Waals surface area contributed by atoms with Crippen LogP contribution >= 0.6 is 0 Å². The molecule has 0 fully saturated rings. The van der Waals surface area contributed by atoms with Gasteiger partial charge in [-0.05, 0) is 12.1 Å². The molecular weight excluding hydrogens is 188 g/mol. The number of nitrogens with zero attached hydrogens (tertiary/aromatic N) is 2. The van der Waals surface area contributed by atoms with Gasteiger partial charge in [-0.2, -0.15) is 0 Å². The van der Waals surface area contributed by atoms with Crippen LogP contribution in [0.4, 0.5) is 5.69 Å². The number of carbonyl (C=O) groups is 1. The van der Waals surface area contributed by atoms with E-state index in [1.165, 1.54) is 0 Å². The van der Waals surface area contributed by atoms with E-state index < -0.39 is 0 Å². The standard InChI is InChI=1S/C12H8N2O/c15-10-5-7-13-9-4-3-8-2-1-6-14-12(8)11(9)10/h1-4,6-7H,5H2. The minimum absolute atomic E-state index is 0.101. The van der Waals surface area contributed by atoms with Crippen LogP contribution in [-0.2, 0) is 0 Å². The second-order valence-corrected chi connectivity index (χ2v) is 3.47. The molecule has 0 N–H and O–H groups in total. The van der Waals surface area contributed by atoms with E-state index in [1.807, 2.05) is 24.3 Å². The molecule has 3 heteroatoms. The lowest BCUT2D eigenvalue weighted by atomic mass is 10.0. The third-order valence-electron chi connectivity index (χ3n) is 2.54. The van der Waals surface area contributed by atoms with Gasteiger partial charge in [0.05, 0.1) is 16.8 Å². The maximum atomic E-state index is 11.8. The molecule has 1 aliphatic rings. The summed E-state index contributed by atoms with van der Waals surface area (Å²) in [7, 11) is 0.